The van der Waals surface area contributed by atoms with Crippen molar-refractivity contribution in [1.29, 1.82) is 0 Å². The van der Waals surface area contributed by atoms with Gasteiger partial charge in [0.25, 0.3) is 0 Å². The first-order valence-electron chi connectivity index (χ1n) is 3.20. The number of hydrogen-bond donors (Lipinski definition) is 2. The lowest BCUT2D eigenvalue weighted by molar-refractivity contribution is 0.475. The highest BCUT2D eigenvalue weighted by atomic mass is 127. The van der Waals surface area contributed by atoms with E-state index in [-0.39, 0.29) is 5.75 Å². The van der Waals surface area contributed by atoms with Gasteiger partial charge in [0.1, 0.15) is 9.45 Å². The molecule has 2 N–H and O–H groups in total. The minimum absolute atomic E-state index is 0.220. The summed E-state index contributed by atoms with van der Waals surface area (Å²) in [4.78, 5) is 0. The molecule has 1 heterocycles. The monoisotopic (exact) mass is 338 g/mol. The molecule has 0 bridgehead atoms. The van der Waals surface area contributed by atoms with Crippen LogP contribution in [0.2, 0.25) is 0 Å². The molecule has 0 unspecified atom stereocenters. The van der Waals surface area contributed by atoms with Crippen molar-refractivity contribution < 1.29 is 5.11 Å². The number of phenolic OH excluding ortho intramolecular Hbond substituents is 1. The van der Waals surface area contributed by atoms with Gasteiger partial charge in [-0.2, -0.15) is 5.10 Å². The van der Waals surface area contributed by atoms with Crippen LogP contribution in [0.5, 0.6) is 5.75 Å². The lowest BCUT2D eigenvalue weighted by Gasteiger charge is -1.94. The van der Waals surface area contributed by atoms with E-state index in [0.29, 0.717) is 0 Å². The van der Waals surface area contributed by atoms with E-state index >= 15 is 0 Å². The molecule has 0 fully saturated rings. The molecule has 0 saturated carbocycles. The topological polar surface area (TPSA) is 48.9 Å². The zero-order chi connectivity index (χ0) is 8.72. The Morgan fingerprint density at radius 2 is 2.25 bits per heavy atom. The average Bonchev–Trinajstić information content (AvgIpc) is 2.31. The van der Waals surface area contributed by atoms with Crippen LogP contribution in [0, 0.1) is 3.70 Å². The molecule has 12 heavy (non-hydrogen) atoms. The molecular weight excluding hydrogens is 335 g/mol. The zero-order valence-electron chi connectivity index (χ0n) is 5.81. The van der Waals surface area contributed by atoms with Crippen LogP contribution in [0.3, 0.4) is 0 Å². The summed E-state index contributed by atoms with van der Waals surface area (Å²) in [5.74, 6) is 0.220. The molecule has 2 rings (SSSR count). The number of rotatable bonds is 0. The molecule has 0 spiro atoms. The predicted molar refractivity (Wildman–Crippen MR) is 58.2 cm³/mol. The summed E-state index contributed by atoms with van der Waals surface area (Å²) in [7, 11) is 0. The quantitative estimate of drug-likeness (QED) is 0.725. The summed E-state index contributed by atoms with van der Waals surface area (Å²) in [6.07, 6.45) is 0. The van der Waals surface area contributed by atoms with E-state index in [4.69, 9.17) is 0 Å². The molecule has 0 aliphatic rings. The second-order valence-electron chi connectivity index (χ2n) is 2.36. The molecule has 0 aliphatic heterocycles. The largest absolute Gasteiger partial charge is 0.508 e. The molecule has 0 radical (unpaired) electrons. The van der Waals surface area contributed by atoms with Crippen LogP contribution >= 0.6 is 38.5 Å². The first-order chi connectivity index (χ1) is 5.68. The summed E-state index contributed by atoms with van der Waals surface area (Å²) in [5, 5.41) is 17.1. The highest BCUT2D eigenvalue weighted by molar-refractivity contribution is 14.1. The van der Waals surface area contributed by atoms with E-state index in [1.165, 1.54) is 0 Å². The second kappa shape index (κ2) is 2.88. The highest BCUT2D eigenvalue weighted by Crippen LogP contribution is 2.30. The highest BCUT2D eigenvalue weighted by Gasteiger charge is 2.07. The van der Waals surface area contributed by atoms with Crippen molar-refractivity contribution in [3.05, 3.63) is 20.3 Å². The van der Waals surface area contributed by atoms with Gasteiger partial charge in [0.2, 0.25) is 0 Å². The number of aromatic hydroxyl groups is 1. The number of H-pyrrole nitrogens is 1. The van der Waals surface area contributed by atoms with Crippen LogP contribution in [-0.4, -0.2) is 15.3 Å². The van der Waals surface area contributed by atoms with Gasteiger partial charge < -0.3 is 5.11 Å². The van der Waals surface area contributed by atoms with E-state index in [2.05, 4.69) is 48.7 Å². The number of fused-ring (bicyclic) bond motifs is 1. The van der Waals surface area contributed by atoms with Crippen LogP contribution < -0.4 is 0 Å². The second-order valence-corrected chi connectivity index (χ2v) is 4.29. The Morgan fingerprint density at radius 1 is 1.50 bits per heavy atom. The van der Waals surface area contributed by atoms with Crippen LogP contribution in [0.15, 0.2) is 16.6 Å². The molecule has 5 heteroatoms. The number of nitrogens with zero attached hydrogens (tertiary/aromatic N) is 1. The van der Waals surface area contributed by atoms with Crippen molar-refractivity contribution in [2.24, 2.45) is 0 Å². The standard InChI is InChI=1S/C7H4BrIN2O/c8-4-1-3(12)2-5-6(4)7(9)11-10-5/h1-2,12H,(H,10,11). The Hall–Kier alpha value is -0.300. The summed E-state index contributed by atoms with van der Waals surface area (Å²) in [5.41, 5.74) is 0.770. The van der Waals surface area contributed by atoms with Crippen molar-refractivity contribution in [2.45, 2.75) is 0 Å². The van der Waals surface area contributed by atoms with Crippen LogP contribution in [0.4, 0.5) is 0 Å². The average molecular weight is 339 g/mol. The van der Waals surface area contributed by atoms with E-state index < -0.39 is 0 Å². The maximum Gasteiger partial charge on any atom is 0.118 e. The van der Waals surface area contributed by atoms with Crippen LogP contribution in [0.1, 0.15) is 0 Å². The predicted octanol–water partition coefficient (Wildman–Crippen LogP) is 2.64. The smallest absolute Gasteiger partial charge is 0.118 e. The lowest BCUT2D eigenvalue weighted by Crippen LogP contribution is -1.72. The Bertz CT molecular complexity index is 440. The van der Waals surface area contributed by atoms with E-state index in [1.54, 1.807) is 12.1 Å². The summed E-state index contributed by atoms with van der Waals surface area (Å²) < 4.78 is 1.82. The van der Waals surface area contributed by atoms with E-state index in [9.17, 15) is 5.11 Å². The normalized spacial score (nSPS) is 10.8. The zero-order valence-corrected chi connectivity index (χ0v) is 9.55. The fourth-order valence-corrected chi connectivity index (χ4v) is 2.74. The van der Waals surface area contributed by atoms with E-state index in [1.807, 2.05) is 0 Å². The molecular formula is C7H4BrIN2O. The van der Waals surface area contributed by atoms with Crippen molar-refractivity contribution in [3.8, 4) is 5.75 Å². The first-order valence-corrected chi connectivity index (χ1v) is 5.08. The molecule has 3 nitrogen and oxygen atoms in total. The molecule has 0 aliphatic carbocycles. The van der Waals surface area contributed by atoms with Gasteiger partial charge in [-0.3, -0.25) is 5.10 Å². The third-order valence-corrected chi connectivity index (χ3v) is 2.95. The summed E-state index contributed by atoms with van der Waals surface area (Å²) in [6, 6.07) is 3.28. The summed E-state index contributed by atoms with van der Waals surface area (Å²) >= 11 is 5.51. The fraction of sp³-hybridized carbons (Fsp3) is 0. The number of phenols is 1. The first kappa shape index (κ1) is 8.31. The van der Waals surface area contributed by atoms with Crippen LogP contribution in [-0.2, 0) is 0 Å². The maximum atomic E-state index is 9.23. The van der Waals surface area contributed by atoms with Gasteiger partial charge in [-0.1, -0.05) is 0 Å². The number of nitrogens with one attached hydrogen (secondary N) is 1. The summed E-state index contributed by atoms with van der Waals surface area (Å²) in [6.45, 7) is 0. The van der Waals surface area contributed by atoms with Gasteiger partial charge in [0, 0.05) is 15.9 Å². The Labute approximate surface area is 90.4 Å². The molecule has 1 aromatic heterocycles. The number of hydrogen-bond acceptors (Lipinski definition) is 2. The third-order valence-electron chi connectivity index (χ3n) is 1.55. The minimum atomic E-state index is 0.220. The van der Waals surface area contributed by atoms with Gasteiger partial charge in [-0.15, -0.1) is 0 Å². The SMILES string of the molecule is Oc1cc(Br)c2c(I)[nH]nc2c1. The molecule has 62 valence electrons. The molecule has 0 amide bonds. The van der Waals surface area contributed by atoms with Crippen molar-refractivity contribution in [1.82, 2.24) is 10.2 Å². The van der Waals surface area contributed by atoms with Gasteiger partial charge in [-0.05, 0) is 44.6 Å². The van der Waals surface area contributed by atoms with Gasteiger partial charge in [0.15, 0.2) is 0 Å². The van der Waals surface area contributed by atoms with E-state index in [0.717, 1.165) is 19.1 Å². The Morgan fingerprint density at radius 3 is 3.00 bits per heavy atom. The lowest BCUT2D eigenvalue weighted by atomic mass is 10.2. The maximum absolute atomic E-state index is 9.23. The Kier molecular flexibility index (Phi) is 1.99. The number of aromatic nitrogens is 2. The van der Waals surface area contributed by atoms with Crippen LogP contribution in [0.25, 0.3) is 10.9 Å². The number of aromatic amines is 1. The van der Waals surface area contributed by atoms with Crippen molar-refractivity contribution in [2.75, 3.05) is 0 Å². The molecule has 0 saturated heterocycles. The molecule has 0 atom stereocenters. The molecule has 2 aromatic rings. The minimum Gasteiger partial charge on any atom is -0.508 e. The van der Waals surface area contributed by atoms with Gasteiger partial charge >= 0.3 is 0 Å². The Balaban J connectivity index is 2.93. The van der Waals surface area contributed by atoms with Gasteiger partial charge in [0.05, 0.1) is 5.52 Å². The van der Waals surface area contributed by atoms with Crippen molar-refractivity contribution >= 4 is 49.4 Å². The fourth-order valence-electron chi connectivity index (χ4n) is 1.05. The third kappa shape index (κ3) is 1.20. The van der Waals surface area contributed by atoms with Crippen molar-refractivity contribution in [3.63, 3.8) is 0 Å². The number of halogens is 2. The molecule has 1 aromatic carbocycles. The van der Waals surface area contributed by atoms with Gasteiger partial charge in [-0.25, -0.2) is 0 Å². The number of benzene rings is 1.